The quantitative estimate of drug-likeness (QED) is 0.685. The zero-order chi connectivity index (χ0) is 11.9. The minimum atomic E-state index is 0.474. The summed E-state index contributed by atoms with van der Waals surface area (Å²) in [6.07, 6.45) is 9.94. The van der Waals surface area contributed by atoms with Gasteiger partial charge in [-0.15, -0.1) is 0 Å². The van der Waals surface area contributed by atoms with Crippen molar-refractivity contribution in [3.8, 4) is 5.75 Å². The van der Waals surface area contributed by atoms with Crippen LogP contribution in [0.2, 0.25) is 0 Å². The molecule has 0 radical (unpaired) electrons. The first-order valence-electron chi connectivity index (χ1n) is 6.65. The zero-order valence-corrected chi connectivity index (χ0v) is 10.6. The normalized spacial score (nSPS) is 19.7. The number of aromatic nitrogens is 2. The highest BCUT2D eigenvalue weighted by Crippen LogP contribution is 2.17. The summed E-state index contributed by atoms with van der Waals surface area (Å²) < 4.78 is 13.1. The molecule has 4 nitrogen and oxygen atoms in total. The van der Waals surface area contributed by atoms with Crippen molar-refractivity contribution in [1.82, 2.24) is 9.78 Å². The van der Waals surface area contributed by atoms with Gasteiger partial charge in [-0.05, 0) is 32.1 Å². The van der Waals surface area contributed by atoms with Gasteiger partial charge in [0.2, 0.25) is 0 Å². The van der Waals surface area contributed by atoms with E-state index in [1.807, 2.05) is 10.9 Å². The van der Waals surface area contributed by atoms with Gasteiger partial charge in [-0.1, -0.05) is 6.92 Å². The summed E-state index contributed by atoms with van der Waals surface area (Å²) in [5.74, 6) is 0.880. The summed E-state index contributed by atoms with van der Waals surface area (Å²) >= 11 is 0. The first-order chi connectivity index (χ1) is 8.38. The molecule has 0 aliphatic carbocycles. The third-order valence-electron chi connectivity index (χ3n) is 3.03. The maximum Gasteiger partial charge on any atom is 0.157 e. The molecule has 4 heteroatoms. The summed E-state index contributed by atoms with van der Waals surface area (Å²) in [4.78, 5) is 0. The monoisotopic (exact) mass is 238 g/mol. The molecule has 96 valence electrons. The van der Waals surface area contributed by atoms with E-state index in [-0.39, 0.29) is 0 Å². The molecule has 0 bridgehead atoms. The van der Waals surface area contributed by atoms with Crippen molar-refractivity contribution in [3.63, 3.8) is 0 Å². The van der Waals surface area contributed by atoms with Gasteiger partial charge in [-0.25, -0.2) is 0 Å². The van der Waals surface area contributed by atoms with Gasteiger partial charge in [0, 0.05) is 13.2 Å². The molecular formula is C13H22N2O2. The summed E-state index contributed by atoms with van der Waals surface area (Å²) in [6.45, 7) is 4.80. The van der Waals surface area contributed by atoms with E-state index in [9.17, 15) is 0 Å². The SMILES string of the molecule is CCCn1cc(OCCCC2CCCO2)cn1. The van der Waals surface area contributed by atoms with Crippen LogP contribution >= 0.6 is 0 Å². The van der Waals surface area contributed by atoms with Crippen LogP contribution in [0.5, 0.6) is 5.75 Å². The molecule has 1 aliphatic rings. The third kappa shape index (κ3) is 4.04. The molecule has 0 N–H and O–H groups in total. The van der Waals surface area contributed by atoms with Crippen LogP contribution < -0.4 is 4.74 Å². The highest BCUT2D eigenvalue weighted by atomic mass is 16.5. The molecule has 0 spiro atoms. The Kier molecular flexibility index (Phi) is 4.86. The van der Waals surface area contributed by atoms with Gasteiger partial charge in [0.25, 0.3) is 0 Å². The van der Waals surface area contributed by atoms with E-state index in [2.05, 4.69) is 12.0 Å². The van der Waals surface area contributed by atoms with Crippen molar-refractivity contribution >= 4 is 0 Å². The molecule has 1 aliphatic heterocycles. The lowest BCUT2D eigenvalue weighted by Crippen LogP contribution is -2.07. The Bertz CT molecular complexity index is 319. The van der Waals surface area contributed by atoms with E-state index in [1.54, 1.807) is 6.20 Å². The number of rotatable bonds is 7. The highest BCUT2D eigenvalue weighted by Gasteiger charge is 2.14. The van der Waals surface area contributed by atoms with Gasteiger partial charge in [-0.2, -0.15) is 5.10 Å². The number of hydrogen-bond donors (Lipinski definition) is 0. The molecule has 0 aromatic carbocycles. The number of nitrogens with zero attached hydrogens (tertiary/aromatic N) is 2. The second-order valence-corrected chi connectivity index (χ2v) is 4.56. The summed E-state index contributed by atoms with van der Waals surface area (Å²) in [5, 5.41) is 4.23. The molecular weight excluding hydrogens is 216 g/mol. The van der Waals surface area contributed by atoms with Gasteiger partial charge in [0.05, 0.1) is 25.1 Å². The topological polar surface area (TPSA) is 36.3 Å². The Balaban J connectivity index is 1.60. The fourth-order valence-electron chi connectivity index (χ4n) is 2.14. The Morgan fingerprint density at radius 2 is 2.53 bits per heavy atom. The second-order valence-electron chi connectivity index (χ2n) is 4.56. The molecule has 2 heterocycles. The van der Waals surface area contributed by atoms with Gasteiger partial charge in [0.1, 0.15) is 0 Å². The smallest absolute Gasteiger partial charge is 0.157 e. The van der Waals surface area contributed by atoms with Gasteiger partial charge in [0.15, 0.2) is 5.75 Å². The molecule has 1 aromatic rings. The van der Waals surface area contributed by atoms with Gasteiger partial charge in [-0.3, -0.25) is 4.68 Å². The summed E-state index contributed by atoms with van der Waals surface area (Å²) in [6, 6.07) is 0. The average Bonchev–Trinajstić information content (AvgIpc) is 2.96. The zero-order valence-electron chi connectivity index (χ0n) is 10.6. The van der Waals surface area contributed by atoms with E-state index >= 15 is 0 Å². The average molecular weight is 238 g/mol. The third-order valence-corrected chi connectivity index (χ3v) is 3.03. The molecule has 0 saturated carbocycles. The number of aryl methyl sites for hydroxylation is 1. The van der Waals surface area contributed by atoms with Gasteiger partial charge < -0.3 is 9.47 Å². The molecule has 1 unspecified atom stereocenters. The first-order valence-corrected chi connectivity index (χ1v) is 6.65. The van der Waals surface area contributed by atoms with Crippen LogP contribution in [0.3, 0.4) is 0 Å². The maximum absolute atomic E-state index is 5.65. The second kappa shape index (κ2) is 6.64. The van der Waals surface area contributed by atoms with Crippen LogP contribution in [0, 0.1) is 0 Å². The van der Waals surface area contributed by atoms with Crippen molar-refractivity contribution in [3.05, 3.63) is 12.4 Å². The Morgan fingerprint density at radius 1 is 1.59 bits per heavy atom. The van der Waals surface area contributed by atoms with Crippen LogP contribution in [0.1, 0.15) is 39.0 Å². The van der Waals surface area contributed by atoms with Crippen LogP contribution in [-0.2, 0) is 11.3 Å². The molecule has 0 amide bonds. The van der Waals surface area contributed by atoms with E-state index in [0.29, 0.717) is 6.10 Å². The fourth-order valence-corrected chi connectivity index (χ4v) is 2.14. The van der Waals surface area contributed by atoms with Crippen molar-refractivity contribution in [2.24, 2.45) is 0 Å². The Hall–Kier alpha value is -1.03. The van der Waals surface area contributed by atoms with Crippen LogP contribution in [-0.4, -0.2) is 29.1 Å². The first kappa shape index (κ1) is 12.4. The predicted octanol–water partition coefficient (Wildman–Crippen LogP) is 2.63. The lowest BCUT2D eigenvalue weighted by atomic mass is 10.1. The maximum atomic E-state index is 5.65. The number of hydrogen-bond acceptors (Lipinski definition) is 3. The Morgan fingerprint density at radius 3 is 3.29 bits per heavy atom. The predicted molar refractivity (Wildman–Crippen MR) is 66.2 cm³/mol. The summed E-state index contributed by atoms with van der Waals surface area (Å²) in [5.41, 5.74) is 0. The Labute approximate surface area is 103 Å². The van der Waals surface area contributed by atoms with Crippen molar-refractivity contribution in [2.45, 2.75) is 51.7 Å². The van der Waals surface area contributed by atoms with Crippen molar-refractivity contribution in [1.29, 1.82) is 0 Å². The fraction of sp³-hybridized carbons (Fsp3) is 0.769. The van der Waals surface area contributed by atoms with Gasteiger partial charge >= 0.3 is 0 Å². The van der Waals surface area contributed by atoms with Crippen LogP contribution in [0.4, 0.5) is 0 Å². The largest absolute Gasteiger partial charge is 0.490 e. The molecule has 1 atom stereocenters. The molecule has 1 fully saturated rings. The minimum Gasteiger partial charge on any atom is -0.490 e. The van der Waals surface area contributed by atoms with Crippen molar-refractivity contribution < 1.29 is 9.47 Å². The lowest BCUT2D eigenvalue weighted by Gasteiger charge is -2.08. The molecule has 1 aromatic heterocycles. The van der Waals surface area contributed by atoms with Crippen LogP contribution in [0.15, 0.2) is 12.4 Å². The van der Waals surface area contributed by atoms with E-state index < -0.39 is 0 Å². The molecule has 1 saturated heterocycles. The van der Waals surface area contributed by atoms with E-state index in [4.69, 9.17) is 9.47 Å². The standard InChI is InChI=1S/C13H22N2O2/c1-2-7-15-11-13(10-14-15)17-9-4-6-12-5-3-8-16-12/h10-12H,2-9H2,1H3. The summed E-state index contributed by atoms with van der Waals surface area (Å²) in [7, 11) is 0. The molecule has 2 rings (SSSR count). The molecule has 17 heavy (non-hydrogen) atoms. The minimum absolute atomic E-state index is 0.474. The highest BCUT2D eigenvalue weighted by molar-refractivity contribution is 5.11. The van der Waals surface area contributed by atoms with E-state index in [1.165, 1.54) is 12.8 Å². The van der Waals surface area contributed by atoms with E-state index in [0.717, 1.165) is 44.8 Å². The number of ether oxygens (including phenoxy) is 2. The van der Waals surface area contributed by atoms with Crippen molar-refractivity contribution in [2.75, 3.05) is 13.2 Å². The lowest BCUT2D eigenvalue weighted by molar-refractivity contribution is 0.0981. The van der Waals surface area contributed by atoms with Crippen LogP contribution in [0.25, 0.3) is 0 Å².